The van der Waals surface area contributed by atoms with Crippen LogP contribution in [0.5, 0.6) is 0 Å². The Kier molecular flexibility index (Phi) is 6.27. The smallest absolute Gasteiger partial charge is 0.233 e. The second kappa shape index (κ2) is 8.64. The Bertz CT molecular complexity index is 749. The van der Waals surface area contributed by atoms with E-state index in [4.69, 9.17) is 0 Å². The van der Waals surface area contributed by atoms with Crippen LogP contribution in [-0.4, -0.2) is 47.6 Å². The number of thioether (sulfide) groups is 1. The molecule has 26 heavy (non-hydrogen) atoms. The Hall–Kier alpha value is -1.92. The lowest BCUT2D eigenvalue weighted by Crippen LogP contribution is -2.49. The van der Waals surface area contributed by atoms with Crippen LogP contribution < -0.4 is 0 Å². The first-order chi connectivity index (χ1) is 12.5. The molecular formula is C20H22F2N2OS. The summed E-state index contributed by atoms with van der Waals surface area (Å²) in [7, 11) is 0. The fourth-order valence-electron chi connectivity index (χ4n) is 3.12. The molecule has 6 heteroatoms. The van der Waals surface area contributed by atoms with Crippen LogP contribution in [0.1, 0.15) is 18.5 Å². The van der Waals surface area contributed by atoms with Crippen molar-refractivity contribution in [2.75, 3.05) is 31.9 Å². The highest BCUT2D eigenvalue weighted by molar-refractivity contribution is 8.00. The van der Waals surface area contributed by atoms with Gasteiger partial charge >= 0.3 is 0 Å². The molecule has 2 aromatic carbocycles. The lowest BCUT2D eigenvalue weighted by Gasteiger charge is -2.38. The standard InChI is InChI=1S/C20H22F2N2OS/c1-15(16-5-3-2-4-6-16)23-9-11-24(12-10-23)20(25)14-26-19-8-7-17(21)13-18(19)22/h2-8,13,15H,9-12,14H2,1H3. The van der Waals surface area contributed by atoms with Gasteiger partial charge in [0.2, 0.25) is 5.91 Å². The van der Waals surface area contributed by atoms with Gasteiger partial charge in [-0.2, -0.15) is 0 Å². The van der Waals surface area contributed by atoms with E-state index in [1.54, 1.807) is 0 Å². The Labute approximate surface area is 157 Å². The minimum Gasteiger partial charge on any atom is -0.339 e. The minimum absolute atomic E-state index is 0.00857. The number of carbonyl (C=O) groups excluding carboxylic acids is 1. The van der Waals surface area contributed by atoms with Crippen LogP contribution in [0, 0.1) is 11.6 Å². The van der Waals surface area contributed by atoms with E-state index in [1.807, 2.05) is 23.1 Å². The van der Waals surface area contributed by atoms with Crippen LogP contribution in [0.15, 0.2) is 53.4 Å². The number of piperazine rings is 1. The molecule has 3 nitrogen and oxygen atoms in total. The zero-order valence-corrected chi connectivity index (χ0v) is 15.5. The molecule has 2 aromatic rings. The number of rotatable bonds is 5. The van der Waals surface area contributed by atoms with E-state index in [-0.39, 0.29) is 11.7 Å². The van der Waals surface area contributed by atoms with E-state index < -0.39 is 11.6 Å². The zero-order valence-electron chi connectivity index (χ0n) is 14.7. The molecule has 1 saturated heterocycles. The maximum absolute atomic E-state index is 13.7. The SMILES string of the molecule is CC(c1ccccc1)N1CCN(C(=O)CSc2ccc(F)cc2F)CC1. The van der Waals surface area contributed by atoms with Crippen molar-refractivity contribution in [2.24, 2.45) is 0 Å². The van der Waals surface area contributed by atoms with Crippen LogP contribution in [0.4, 0.5) is 8.78 Å². The van der Waals surface area contributed by atoms with Crippen LogP contribution in [0.3, 0.4) is 0 Å². The third kappa shape index (κ3) is 4.62. The molecule has 138 valence electrons. The van der Waals surface area contributed by atoms with Gasteiger partial charge in [-0.15, -0.1) is 11.8 Å². The molecule has 1 heterocycles. The van der Waals surface area contributed by atoms with Crippen molar-refractivity contribution in [1.29, 1.82) is 0 Å². The minimum atomic E-state index is -0.621. The van der Waals surface area contributed by atoms with Crippen LogP contribution in [0.25, 0.3) is 0 Å². The summed E-state index contributed by atoms with van der Waals surface area (Å²) in [5.74, 6) is -1.08. The van der Waals surface area contributed by atoms with Crippen molar-refractivity contribution in [3.63, 3.8) is 0 Å². The normalized spacial score (nSPS) is 16.5. The maximum atomic E-state index is 13.7. The fraction of sp³-hybridized carbons (Fsp3) is 0.350. The van der Waals surface area contributed by atoms with Gasteiger partial charge in [0.05, 0.1) is 5.75 Å². The monoisotopic (exact) mass is 376 g/mol. The van der Waals surface area contributed by atoms with Crippen molar-refractivity contribution >= 4 is 17.7 Å². The van der Waals surface area contributed by atoms with Crippen LogP contribution >= 0.6 is 11.8 Å². The Balaban J connectivity index is 1.49. The number of nitrogens with zero attached hydrogens (tertiary/aromatic N) is 2. The highest BCUT2D eigenvalue weighted by Gasteiger charge is 2.24. The molecule has 1 aliphatic heterocycles. The van der Waals surface area contributed by atoms with Gasteiger partial charge in [-0.3, -0.25) is 9.69 Å². The summed E-state index contributed by atoms with van der Waals surface area (Å²) in [5, 5.41) is 0. The quantitative estimate of drug-likeness (QED) is 0.738. The number of benzene rings is 2. The summed E-state index contributed by atoms with van der Waals surface area (Å²) in [6.07, 6.45) is 0. The highest BCUT2D eigenvalue weighted by Crippen LogP contribution is 2.24. The third-order valence-electron chi connectivity index (χ3n) is 4.74. The molecule has 1 atom stereocenters. The number of carbonyl (C=O) groups is 1. The number of amides is 1. The van der Waals surface area contributed by atoms with E-state index >= 15 is 0 Å². The first-order valence-corrected chi connectivity index (χ1v) is 9.68. The van der Waals surface area contributed by atoms with E-state index in [1.165, 1.54) is 17.7 Å². The van der Waals surface area contributed by atoms with Gasteiger partial charge in [0.1, 0.15) is 11.6 Å². The Morgan fingerprint density at radius 1 is 1.08 bits per heavy atom. The molecule has 0 saturated carbocycles. The summed E-state index contributed by atoms with van der Waals surface area (Å²) in [4.78, 5) is 16.9. The maximum Gasteiger partial charge on any atom is 0.233 e. The summed E-state index contributed by atoms with van der Waals surface area (Å²) in [6, 6.07) is 14.1. The molecule has 0 bridgehead atoms. The summed E-state index contributed by atoms with van der Waals surface area (Å²) in [5.41, 5.74) is 1.27. The largest absolute Gasteiger partial charge is 0.339 e. The topological polar surface area (TPSA) is 23.6 Å². The van der Waals surface area contributed by atoms with Gasteiger partial charge in [0.25, 0.3) is 0 Å². The predicted octanol–water partition coefficient (Wildman–Crippen LogP) is 3.96. The lowest BCUT2D eigenvalue weighted by molar-refractivity contribution is -0.130. The molecule has 1 fully saturated rings. The van der Waals surface area contributed by atoms with Gasteiger partial charge < -0.3 is 4.90 Å². The second-order valence-electron chi connectivity index (χ2n) is 6.37. The molecule has 0 N–H and O–H groups in total. The molecule has 0 aliphatic carbocycles. The van der Waals surface area contributed by atoms with Crippen molar-refractivity contribution in [2.45, 2.75) is 17.9 Å². The van der Waals surface area contributed by atoms with Crippen molar-refractivity contribution in [3.8, 4) is 0 Å². The van der Waals surface area contributed by atoms with Crippen molar-refractivity contribution in [3.05, 3.63) is 65.7 Å². The number of hydrogen-bond acceptors (Lipinski definition) is 3. The Morgan fingerprint density at radius 2 is 1.77 bits per heavy atom. The van der Waals surface area contributed by atoms with Crippen molar-refractivity contribution < 1.29 is 13.6 Å². The van der Waals surface area contributed by atoms with E-state index in [9.17, 15) is 13.6 Å². The molecule has 1 aliphatic rings. The van der Waals surface area contributed by atoms with Crippen molar-refractivity contribution in [1.82, 2.24) is 9.80 Å². The molecule has 1 amide bonds. The number of halogens is 2. The molecule has 3 rings (SSSR count). The predicted molar refractivity (Wildman–Crippen MR) is 100 cm³/mol. The summed E-state index contributed by atoms with van der Waals surface area (Å²) in [6.45, 7) is 5.15. The average molecular weight is 376 g/mol. The van der Waals surface area contributed by atoms with E-state index in [2.05, 4.69) is 24.0 Å². The highest BCUT2D eigenvalue weighted by atomic mass is 32.2. The first kappa shape index (κ1) is 18.9. The van der Waals surface area contributed by atoms with Gasteiger partial charge in [-0.05, 0) is 24.6 Å². The van der Waals surface area contributed by atoms with Gasteiger partial charge in [0, 0.05) is 43.2 Å². The molecule has 0 radical (unpaired) electrons. The number of hydrogen-bond donors (Lipinski definition) is 0. The first-order valence-electron chi connectivity index (χ1n) is 8.69. The van der Waals surface area contributed by atoms with E-state index in [0.717, 1.165) is 30.9 Å². The summed E-state index contributed by atoms with van der Waals surface area (Å²) < 4.78 is 26.6. The second-order valence-corrected chi connectivity index (χ2v) is 7.38. The van der Waals surface area contributed by atoms with Gasteiger partial charge in [-0.1, -0.05) is 30.3 Å². The third-order valence-corrected chi connectivity index (χ3v) is 5.78. The molecular weight excluding hydrogens is 354 g/mol. The van der Waals surface area contributed by atoms with Crippen LogP contribution in [-0.2, 0) is 4.79 Å². The summed E-state index contributed by atoms with van der Waals surface area (Å²) >= 11 is 1.11. The van der Waals surface area contributed by atoms with E-state index in [0.29, 0.717) is 24.0 Å². The fourth-order valence-corrected chi connectivity index (χ4v) is 3.95. The molecule has 1 unspecified atom stereocenters. The van der Waals surface area contributed by atoms with Crippen LogP contribution in [0.2, 0.25) is 0 Å². The van der Waals surface area contributed by atoms with Gasteiger partial charge in [0.15, 0.2) is 0 Å². The Morgan fingerprint density at radius 3 is 2.42 bits per heavy atom. The zero-order chi connectivity index (χ0) is 18.5. The molecule has 0 spiro atoms. The van der Waals surface area contributed by atoms with Gasteiger partial charge in [-0.25, -0.2) is 8.78 Å². The average Bonchev–Trinajstić information content (AvgIpc) is 2.67. The molecule has 0 aromatic heterocycles. The lowest BCUT2D eigenvalue weighted by atomic mass is 10.1.